The monoisotopic (exact) mass is 397 g/mol. The van der Waals surface area contributed by atoms with Crippen LogP contribution in [0.4, 0.5) is 5.69 Å². The Balaban J connectivity index is 1.35. The smallest absolute Gasteiger partial charge is 0.228 e. The van der Waals surface area contributed by atoms with Crippen LogP contribution in [0.2, 0.25) is 0 Å². The van der Waals surface area contributed by atoms with Crippen molar-refractivity contribution in [1.29, 1.82) is 0 Å². The third kappa shape index (κ3) is 4.02. The Kier molecular flexibility index (Phi) is 5.61. The quantitative estimate of drug-likeness (QED) is 0.785. The van der Waals surface area contributed by atoms with Gasteiger partial charge in [0.25, 0.3) is 0 Å². The van der Waals surface area contributed by atoms with Crippen molar-refractivity contribution in [2.24, 2.45) is 11.8 Å². The average molecular weight is 398 g/mol. The molecule has 1 atom stereocenters. The molecule has 2 aliphatic heterocycles. The molecule has 1 saturated carbocycles. The van der Waals surface area contributed by atoms with E-state index < -0.39 is 0 Å². The minimum Gasteiger partial charge on any atom is -0.339 e. The van der Waals surface area contributed by atoms with Gasteiger partial charge in [-0.15, -0.1) is 0 Å². The molecule has 6 heteroatoms. The van der Waals surface area contributed by atoms with E-state index in [1.165, 1.54) is 5.56 Å². The van der Waals surface area contributed by atoms with E-state index in [-0.39, 0.29) is 36.0 Å². The summed E-state index contributed by atoms with van der Waals surface area (Å²) in [6, 6.07) is 8.05. The fourth-order valence-corrected chi connectivity index (χ4v) is 4.49. The Morgan fingerprint density at radius 1 is 0.966 bits per heavy atom. The van der Waals surface area contributed by atoms with Gasteiger partial charge >= 0.3 is 0 Å². The van der Waals surface area contributed by atoms with E-state index in [2.05, 4.69) is 26.0 Å². The number of nitrogens with zero attached hydrogens (tertiary/aromatic N) is 3. The zero-order chi connectivity index (χ0) is 20.5. The number of piperazine rings is 1. The third-order valence-electron chi connectivity index (χ3n) is 6.68. The van der Waals surface area contributed by atoms with Crippen LogP contribution >= 0.6 is 0 Å². The molecule has 156 valence electrons. The minimum absolute atomic E-state index is 0.0167. The van der Waals surface area contributed by atoms with Gasteiger partial charge in [-0.25, -0.2) is 0 Å². The lowest BCUT2D eigenvalue weighted by molar-refractivity contribution is -0.145. The molecule has 3 amide bonds. The van der Waals surface area contributed by atoms with Gasteiger partial charge in [-0.3, -0.25) is 14.4 Å². The summed E-state index contributed by atoms with van der Waals surface area (Å²) in [7, 11) is 0. The Morgan fingerprint density at radius 3 is 2.14 bits per heavy atom. The SMILES string of the molecule is CC(C)c1cccc(N2CC(C(=O)N3CCN(C(=O)C4CCC4)CC3)CC2=O)c1. The lowest BCUT2D eigenvalue weighted by atomic mass is 9.84. The standard InChI is InChI=1S/C23H31N3O3/c1-16(2)18-7-4-8-20(13-18)26-15-19(14-21(26)27)23(29)25-11-9-24(10-12-25)22(28)17-5-3-6-17/h4,7-8,13,16-17,19H,3,5-6,9-12,14-15H2,1-2H3. The van der Waals surface area contributed by atoms with Crippen LogP contribution in [0.3, 0.4) is 0 Å². The summed E-state index contributed by atoms with van der Waals surface area (Å²) in [5, 5.41) is 0. The van der Waals surface area contributed by atoms with E-state index in [1.54, 1.807) is 4.90 Å². The van der Waals surface area contributed by atoms with Gasteiger partial charge < -0.3 is 14.7 Å². The van der Waals surface area contributed by atoms with Crippen molar-refractivity contribution in [1.82, 2.24) is 9.80 Å². The lowest BCUT2D eigenvalue weighted by Crippen LogP contribution is -2.53. The molecule has 29 heavy (non-hydrogen) atoms. The maximum atomic E-state index is 13.0. The summed E-state index contributed by atoms with van der Waals surface area (Å²) in [4.78, 5) is 43.5. The predicted octanol–water partition coefficient (Wildman–Crippen LogP) is 2.63. The molecule has 2 heterocycles. The van der Waals surface area contributed by atoms with E-state index in [9.17, 15) is 14.4 Å². The zero-order valence-electron chi connectivity index (χ0n) is 17.5. The molecule has 0 N–H and O–H groups in total. The summed E-state index contributed by atoms with van der Waals surface area (Å²) >= 11 is 0. The number of amides is 3. The minimum atomic E-state index is -0.293. The van der Waals surface area contributed by atoms with Crippen molar-refractivity contribution >= 4 is 23.4 Å². The summed E-state index contributed by atoms with van der Waals surface area (Å²) in [6.45, 7) is 7.08. The van der Waals surface area contributed by atoms with Crippen molar-refractivity contribution in [2.45, 2.75) is 45.4 Å². The Labute approximate surface area is 172 Å². The largest absolute Gasteiger partial charge is 0.339 e. The Bertz CT molecular complexity index is 794. The molecule has 6 nitrogen and oxygen atoms in total. The predicted molar refractivity (Wildman–Crippen MR) is 111 cm³/mol. The molecule has 2 saturated heterocycles. The first-order valence-electron chi connectivity index (χ1n) is 10.9. The summed E-state index contributed by atoms with van der Waals surface area (Å²) < 4.78 is 0. The molecule has 3 aliphatic rings. The molecular weight excluding hydrogens is 366 g/mol. The first kappa shape index (κ1) is 19.9. The van der Waals surface area contributed by atoms with Crippen molar-refractivity contribution < 1.29 is 14.4 Å². The van der Waals surface area contributed by atoms with Crippen LogP contribution in [-0.4, -0.2) is 60.2 Å². The number of hydrogen-bond acceptors (Lipinski definition) is 3. The van der Waals surface area contributed by atoms with Crippen LogP contribution in [0.15, 0.2) is 24.3 Å². The van der Waals surface area contributed by atoms with Gasteiger partial charge in [-0.2, -0.15) is 0 Å². The number of rotatable bonds is 4. The highest BCUT2D eigenvalue weighted by Gasteiger charge is 2.39. The maximum absolute atomic E-state index is 13.0. The molecule has 0 spiro atoms. The molecule has 1 aliphatic carbocycles. The number of hydrogen-bond donors (Lipinski definition) is 0. The van der Waals surface area contributed by atoms with Gasteiger partial charge in [-0.05, 0) is 36.5 Å². The van der Waals surface area contributed by atoms with Crippen molar-refractivity contribution in [3.05, 3.63) is 29.8 Å². The molecular formula is C23H31N3O3. The number of carbonyl (C=O) groups is 3. The molecule has 0 aromatic heterocycles. The van der Waals surface area contributed by atoms with Gasteiger partial charge in [-0.1, -0.05) is 32.4 Å². The van der Waals surface area contributed by atoms with Gasteiger partial charge in [0.05, 0.1) is 5.92 Å². The Hall–Kier alpha value is -2.37. The van der Waals surface area contributed by atoms with E-state index >= 15 is 0 Å². The first-order chi connectivity index (χ1) is 13.9. The first-order valence-corrected chi connectivity index (χ1v) is 10.9. The summed E-state index contributed by atoms with van der Waals surface area (Å²) in [5.41, 5.74) is 2.07. The van der Waals surface area contributed by atoms with Gasteiger partial charge in [0, 0.05) is 50.7 Å². The highest BCUT2D eigenvalue weighted by atomic mass is 16.2. The van der Waals surface area contributed by atoms with E-state index in [1.807, 2.05) is 21.9 Å². The van der Waals surface area contributed by atoms with Crippen LogP contribution in [0, 0.1) is 11.8 Å². The van der Waals surface area contributed by atoms with Crippen LogP contribution in [0.1, 0.15) is 51.0 Å². The van der Waals surface area contributed by atoms with Gasteiger partial charge in [0.2, 0.25) is 17.7 Å². The number of benzene rings is 1. The van der Waals surface area contributed by atoms with Gasteiger partial charge in [0.15, 0.2) is 0 Å². The van der Waals surface area contributed by atoms with E-state index in [0.717, 1.165) is 24.9 Å². The van der Waals surface area contributed by atoms with Crippen LogP contribution < -0.4 is 4.90 Å². The lowest BCUT2D eigenvalue weighted by Gasteiger charge is -2.38. The van der Waals surface area contributed by atoms with Crippen molar-refractivity contribution in [3.63, 3.8) is 0 Å². The Morgan fingerprint density at radius 2 is 1.59 bits per heavy atom. The fourth-order valence-electron chi connectivity index (χ4n) is 4.49. The van der Waals surface area contributed by atoms with E-state index in [0.29, 0.717) is 38.6 Å². The molecule has 0 radical (unpaired) electrons. The third-order valence-corrected chi connectivity index (χ3v) is 6.68. The van der Waals surface area contributed by atoms with Crippen molar-refractivity contribution in [2.75, 3.05) is 37.6 Å². The maximum Gasteiger partial charge on any atom is 0.228 e. The summed E-state index contributed by atoms with van der Waals surface area (Å²) in [6.07, 6.45) is 3.44. The average Bonchev–Trinajstić information content (AvgIpc) is 3.08. The topological polar surface area (TPSA) is 60.9 Å². The van der Waals surface area contributed by atoms with Crippen molar-refractivity contribution in [3.8, 4) is 0 Å². The highest BCUT2D eigenvalue weighted by molar-refractivity contribution is 6.00. The molecule has 3 fully saturated rings. The molecule has 1 aromatic carbocycles. The van der Waals surface area contributed by atoms with Crippen LogP contribution in [-0.2, 0) is 14.4 Å². The number of carbonyl (C=O) groups excluding carboxylic acids is 3. The number of anilines is 1. The molecule has 1 unspecified atom stereocenters. The van der Waals surface area contributed by atoms with E-state index in [4.69, 9.17) is 0 Å². The second kappa shape index (κ2) is 8.17. The fraction of sp³-hybridized carbons (Fsp3) is 0.609. The zero-order valence-corrected chi connectivity index (χ0v) is 17.5. The second-order valence-electron chi connectivity index (χ2n) is 8.93. The van der Waals surface area contributed by atoms with Gasteiger partial charge in [0.1, 0.15) is 0 Å². The van der Waals surface area contributed by atoms with Crippen LogP contribution in [0.5, 0.6) is 0 Å². The normalized spacial score (nSPS) is 22.9. The molecule has 1 aromatic rings. The van der Waals surface area contributed by atoms with Crippen LogP contribution in [0.25, 0.3) is 0 Å². The highest BCUT2D eigenvalue weighted by Crippen LogP contribution is 2.30. The summed E-state index contributed by atoms with van der Waals surface area (Å²) in [5.74, 6) is 0.637. The molecule has 0 bridgehead atoms. The molecule has 4 rings (SSSR count). The second-order valence-corrected chi connectivity index (χ2v) is 8.93.